The second-order valence-electron chi connectivity index (χ2n) is 6.55. The van der Waals surface area contributed by atoms with E-state index in [2.05, 4.69) is 10.3 Å². The maximum Gasteiger partial charge on any atom is 0.262 e. The van der Waals surface area contributed by atoms with Crippen molar-refractivity contribution in [1.29, 1.82) is 0 Å². The Labute approximate surface area is 159 Å². The van der Waals surface area contributed by atoms with E-state index in [1.807, 2.05) is 12.1 Å². The summed E-state index contributed by atoms with van der Waals surface area (Å²) < 4.78 is 15.5. The Bertz CT molecular complexity index is 1080. The normalized spacial score (nSPS) is 14.9. The molecule has 1 aliphatic carbocycles. The Balaban J connectivity index is 1.62. The van der Waals surface area contributed by atoms with E-state index in [0.29, 0.717) is 16.1 Å². The first-order valence-corrected chi connectivity index (χ1v) is 9.66. The summed E-state index contributed by atoms with van der Waals surface area (Å²) in [6.45, 7) is 1.72. The quantitative estimate of drug-likeness (QED) is 0.534. The fraction of sp³-hybridized carbons (Fsp3) is 0.250. The SMILES string of the molecule is CC(Sc1nc2ccccc2c(=O)n1C1CC1)C(=O)Nc1ccccc1F. The number of nitrogens with one attached hydrogen (secondary N) is 1. The number of aromatic nitrogens is 2. The molecule has 1 aromatic heterocycles. The van der Waals surface area contributed by atoms with Gasteiger partial charge in [-0.2, -0.15) is 0 Å². The van der Waals surface area contributed by atoms with Crippen LogP contribution in [0.25, 0.3) is 10.9 Å². The van der Waals surface area contributed by atoms with Crippen molar-refractivity contribution >= 4 is 34.3 Å². The number of carbonyl (C=O) groups is 1. The van der Waals surface area contributed by atoms with Gasteiger partial charge < -0.3 is 5.32 Å². The van der Waals surface area contributed by atoms with Gasteiger partial charge in [-0.25, -0.2) is 9.37 Å². The highest BCUT2D eigenvalue weighted by molar-refractivity contribution is 8.00. The molecule has 0 spiro atoms. The van der Waals surface area contributed by atoms with Crippen LogP contribution in [0.15, 0.2) is 58.5 Å². The molecule has 1 atom stereocenters. The topological polar surface area (TPSA) is 64.0 Å². The molecule has 1 unspecified atom stereocenters. The van der Waals surface area contributed by atoms with Gasteiger partial charge in [-0.1, -0.05) is 36.0 Å². The summed E-state index contributed by atoms with van der Waals surface area (Å²) in [5.74, 6) is -0.823. The van der Waals surface area contributed by atoms with Crippen molar-refractivity contribution in [3.63, 3.8) is 0 Å². The number of hydrogen-bond donors (Lipinski definition) is 1. The zero-order chi connectivity index (χ0) is 19.0. The van der Waals surface area contributed by atoms with Crippen LogP contribution < -0.4 is 10.9 Å². The van der Waals surface area contributed by atoms with Crippen LogP contribution in [0, 0.1) is 5.82 Å². The molecular formula is C20H18FN3O2S. The van der Waals surface area contributed by atoms with Gasteiger partial charge in [0.1, 0.15) is 5.82 Å². The standard InChI is InChI=1S/C20H18FN3O2S/c1-12(18(25)22-17-9-5-3-7-15(17)21)27-20-23-16-8-4-2-6-14(16)19(26)24(20)13-10-11-13/h2-9,12-13H,10-11H2,1H3,(H,22,25). The number of thioether (sulfide) groups is 1. The molecule has 1 heterocycles. The van der Waals surface area contributed by atoms with Crippen molar-refractivity contribution in [3.8, 4) is 0 Å². The lowest BCUT2D eigenvalue weighted by Crippen LogP contribution is -2.26. The summed E-state index contributed by atoms with van der Waals surface area (Å²) in [6.07, 6.45) is 1.87. The first kappa shape index (κ1) is 17.7. The summed E-state index contributed by atoms with van der Waals surface area (Å²) in [6, 6.07) is 13.4. The first-order chi connectivity index (χ1) is 13.0. The van der Waals surface area contributed by atoms with Gasteiger partial charge in [0, 0.05) is 6.04 Å². The molecule has 1 aliphatic rings. The number of hydrogen-bond acceptors (Lipinski definition) is 4. The smallest absolute Gasteiger partial charge is 0.262 e. The Morgan fingerprint density at radius 3 is 2.67 bits per heavy atom. The molecule has 27 heavy (non-hydrogen) atoms. The average molecular weight is 383 g/mol. The molecule has 3 aromatic rings. The number of para-hydroxylation sites is 2. The number of rotatable bonds is 5. The molecule has 1 amide bonds. The monoisotopic (exact) mass is 383 g/mol. The van der Waals surface area contributed by atoms with Gasteiger partial charge >= 0.3 is 0 Å². The molecular weight excluding hydrogens is 365 g/mol. The molecule has 138 valence electrons. The lowest BCUT2D eigenvalue weighted by molar-refractivity contribution is -0.115. The number of carbonyl (C=O) groups excluding carboxylic acids is 1. The predicted octanol–water partition coefficient (Wildman–Crippen LogP) is 3.99. The third kappa shape index (κ3) is 3.60. The molecule has 1 fully saturated rings. The lowest BCUT2D eigenvalue weighted by Gasteiger charge is -2.16. The van der Waals surface area contributed by atoms with Crippen molar-refractivity contribution in [2.45, 2.75) is 36.2 Å². The van der Waals surface area contributed by atoms with Gasteiger partial charge in [-0.15, -0.1) is 0 Å². The van der Waals surface area contributed by atoms with Crippen molar-refractivity contribution in [1.82, 2.24) is 9.55 Å². The third-order valence-corrected chi connectivity index (χ3v) is 5.54. The second kappa shape index (κ2) is 7.15. The maximum atomic E-state index is 13.8. The summed E-state index contributed by atoms with van der Waals surface area (Å²) in [5, 5.41) is 3.16. The van der Waals surface area contributed by atoms with E-state index in [-0.39, 0.29) is 23.2 Å². The Morgan fingerprint density at radius 1 is 1.22 bits per heavy atom. The molecule has 4 rings (SSSR count). The van der Waals surface area contributed by atoms with Gasteiger partial charge in [0.2, 0.25) is 5.91 Å². The molecule has 7 heteroatoms. The van der Waals surface area contributed by atoms with Gasteiger partial charge in [-0.3, -0.25) is 14.2 Å². The number of benzene rings is 2. The number of anilines is 1. The van der Waals surface area contributed by atoms with Crippen LogP contribution in [0.2, 0.25) is 0 Å². The molecule has 0 saturated heterocycles. The molecule has 5 nitrogen and oxygen atoms in total. The molecule has 2 aromatic carbocycles. The van der Waals surface area contributed by atoms with E-state index in [1.165, 1.54) is 23.9 Å². The van der Waals surface area contributed by atoms with Crippen LogP contribution in [-0.2, 0) is 4.79 Å². The van der Waals surface area contributed by atoms with Crippen LogP contribution in [0.4, 0.5) is 10.1 Å². The third-order valence-electron chi connectivity index (χ3n) is 4.47. The largest absolute Gasteiger partial charge is 0.323 e. The molecule has 0 aliphatic heterocycles. The molecule has 1 saturated carbocycles. The van der Waals surface area contributed by atoms with Gasteiger partial charge in [-0.05, 0) is 44.0 Å². The van der Waals surface area contributed by atoms with E-state index in [4.69, 9.17) is 0 Å². The van der Waals surface area contributed by atoms with Crippen LogP contribution in [0.1, 0.15) is 25.8 Å². The highest BCUT2D eigenvalue weighted by Crippen LogP contribution is 2.37. The van der Waals surface area contributed by atoms with Gasteiger partial charge in [0.15, 0.2) is 5.16 Å². The van der Waals surface area contributed by atoms with Crippen LogP contribution in [-0.4, -0.2) is 20.7 Å². The predicted molar refractivity (Wildman–Crippen MR) is 105 cm³/mol. The molecule has 0 radical (unpaired) electrons. The highest BCUT2D eigenvalue weighted by Gasteiger charge is 2.30. The van der Waals surface area contributed by atoms with Gasteiger partial charge in [0.25, 0.3) is 5.56 Å². The lowest BCUT2D eigenvalue weighted by atomic mass is 10.2. The van der Waals surface area contributed by atoms with E-state index in [1.54, 1.807) is 35.8 Å². The number of nitrogens with zero attached hydrogens (tertiary/aromatic N) is 2. The minimum atomic E-state index is -0.539. The van der Waals surface area contributed by atoms with Crippen molar-refractivity contribution < 1.29 is 9.18 Å². The maximum absolute atomic E-state index is 13.8. The average Bonchev–Trinajstić information content (AvgIpc) is 3.48. The van der Waals surface area contributed by atoms with E-state index < -0.39 is 11.1 Å². The van der Waals surface area contributed by atoms with E-state index >= 15 is 0 Å². The van der Waals surface area contributed by atoms with Crippen LogP contribution in [0.5, 0.6) is 0 Å². The Morgan fingerprint density at radius 2 is 1.93 bits per heavy atom. The summed E-state index contributed by atoms with van der Waals surface area (Å²) in [4.78, 5) is 30.0. The summed E-state index contributed by atoms with van der Waals surface area (Å²) >= 11 is 1.22. The Kier molecular flexibility index (Phi) is 4.70. The zero-order valence-electron chi connectivity index (χ0n) is 14.7. The minimum Gasteiger partial charge on any atom is -0.323 e. The Hall–Kier alpha value is -2.67. The van der Waals surface area contributed by atoms with E-state index in [0.717, 1.165) is 12.8 Å². The van der Waals surface area contributed by atoms with Crippen LogP contribution >= 0.6 is 11.8 Å². The highest BCUT2D eigenvalue weighted by atomic mass is 32.2. The number of amides is 1. The zero-order valence-corrected chi connectivity index (χ0v) is 15.5. The van der Waals surface area contributed by atoms with Crippen molar-refractivity contribution in [3.05, 3.63) is 64.7 Å². The van der Waals surface area contributed by atoms with Crippen molar-refractivity contribution in [2.24, 2.45) is 0 Å². The first-order valence-electron chi connectivity index (χ1n) is 8.78. The minimum absolute atomic E-state index is 0.0766. The summed E-state index contributed by atoms with van der Waals surface area (Å²) in [7, 11) is 0. The molecule has 1 N–H and O–H groups in total. The van der Waals surface area contributed by atoms with Crippen LogP contribution in [0.3, 0.4) is 0 Å². The molecule has 0 bridgehead atoms. The number of halogens is 1. The second-order valence-corrected chi connectivity index (χ2v) is 7.85. The summed E-state index contributed by atoms with van der Waals surface area (Å²) in [5.41, 5.74) is 0.678. The number of fused-ring (bicyclic) bond motifs is 1. The fourth-order valence-corrected chi connectivity index (χ4v) is 3.85. The van der Waals surface area contributed by atoms with E-state index in [9.17, 15) is 14.0 Å². The fourth-order valence-electron chi connectivity index (χ4n) is 2.87. The van der Waals surface area contributed by atoms with Crippen molar-refractivity contribution in [2.75, 3.05) is 5.32 Å². The van der Waals surface area contributed by atoms with Gasteiger partial charge in [0.05, 0.1) is 21.8 Å².